The van der Waals surface area contributed by atoms with E-state index in [9.17, 15) is 0 Å². The Morgan fingerprint density at radius 1 is 0.500 bits per heavy atom. The van der Waals surface area contributed by atoms with E-state index in [1.165, 1.54) is 0 Å². The van der Waals surface area contributed by atoms with Crippen molar-refractivity contribution in [3.8, 4) is 22.6 Å². The minimum atomic E-state index is -0.456. The number of aliphatic hydroxyl groups excluding tert-OH is 2. The number of aliphatic hydroxyl groups is 2. The molecule has 2 aromatic rings. The molecule has 0 bridgehead atoms. The molecular weight excluding hydrogens is 440 g/mol. The van der Waals surface area contributed by atoms with E-state index in [0.717, 1.165) is 22.6 Å². The number of rotatable bonds is 19. The summed E-state index contributed by atoms with van der Waals surface area (Å²) in [4.78, 5) is 0. The average molecular weight is 479 g/mol. The highest BCUT2D eigenvalue weighted by Gasteiger charge is 2.02. The Labute approximate surface area is 202 Å². The van der Waals surface area contributed by atoms with Gasteiger partial charge in [-0.25, -0.2) is 0 Å². The van der Waals surface area contributed by atoms with Crippen LogP contribution in [0.3, 0.4) is 0 Å². The second kappa shape index (κ2) is 17.3. The summed E-state index contributed by atoms with van der Waals surface area (Å²) in [5.41, 5.74) is 2.18. The van der Waals surface area contributed by atoms with Crippen LogP contribution in [0.4, 0.5) is 0 Å². The highest BCUT2D eigenvalue weighted by Crippen LogP contribution is 2.24. The molecule has 8 nitrogen and oxygen atoms in total. The van der Waals surface area contributed by atoms with Gasteiger partial charge in [0, 0.05) is 0 Å². The zero-order chi connectivity index (χ0) is 24.4. The van der Waals surface area contributed by atoms with Gasteiger partial charge in [0.1, 0.15) is 24.7 Å². The van der Waals surface area contributed by atoms with E-state index >= 15 is 0 Å². The maximum absolute atomic E-state index is 9.10. The topological polar surface area (TPSA) is 95.8 Å². The smallest absolute Gasteiger partial charge is 0.119 e. The standard InChI is InChI=1S/C26H38O8/c1-21(27)19-31-13-11-29-15-17-33-25-7-3-23(4-8-25)24-5-9-26(10-6-24)34-18-16-30-12-14-32-20-22(2)28/h3-10,21-22,27-28H,11-20H2,1-2H3. The molecule has 0 aliphatic heterocycles. The van der Waals surface area contributed by atoms with E-state index in [4.69, 9.17) is 38.6 Å². The molecule has 0 fully saturated rings. The van der Waals surface area contributed by atoms with Crippen LogP contribution in [-0.2, 0) is 18.9 Å². The van der Waals surface area contributed by atoms with Gasteiger partial charge < -0.3 is 38.6 Å². The summed E-state index contributed by atoms with van der Waals surface area (Å²) < 4.78 is 32.7. The number of hydrogen-bond donors (Lipinski definition) is 2. The van der Waals surface area contributed by atoms with Crippen LogP contribution in [-0.4, -0.2) is 88.5 Å². The summed E-state index contributed by atoms with van der Waals surface area (Å²) in [6, 6.07) is 15.8. The van der Waals surface area contributed by atoms with Crippen LogP contribution in [0, 0.1) is 0 Å². The van der Waals surface area contributed by atoms with Crippen molar-refractivity contribution in [2.24, 2.45) is 0 Å². The van der Waals surface area contributed by atoms with Crippen LogP contribution in [0.5, 0.6) is 11.5 Å². The Morgan fingerprint density at radius 2 is 0.824 bits per heavy atom. The van der Waals surface area contributed by atoms with Gasteiger partial charge in [-0.15, -0.1) is 0 Å². The zero-order valence-corrected chi connectivity index (χ0v) is 20.2. The molecule has 2 atom stereocenters. The van der Waals surface area contributed by atoms with Gasteiger partial charge in [-0.05, 0) is 49.2 Å². The first kappa shape index (κ1) is 28.0. The van der Waals surface area contributed by atoms with E-state index in [1.807, 2.05) is 48.5 Å². The van der Waals surface area contributed by atoms with Crippen LogP contribution in [0.15, 0.2) is 48.5 Å². The molecule has 2 unspecified atom stereocenters. The third-order valence-electron chi connectivity index (χ3n) is 4.50. The quantitative estimate of drug-likeness (QED) is 0.298. The Balaban J connectivity index is 1.58. The van der Waals surface area contributed by atoms with E-state index in [1.54, 1.807) is 13.8 Å². The Hall–Kier alpha value is -2.20. The van der Waals surface area contributed by atoms with Gasteiger partial charge in [-0.2, -0.15) is 0 Å². The average Bonchev–Trinajstić information content (AvgIpc) is 2.83. The fraction of sp³-hybridized carbons (Fsp3) is 0.538. The fourth-order valence-electron chi connectivity index (χ4n) is 2.87. The summed E-state index contributed by atoms with van der Waals surface area (Å²) >= 11 is 0. The Kier molecular flexibility index (Phi) is 14.2. The normalized spacial score (nSPS) is 12.9. The molecule has 34 heavy (non-hydrogen) atoms. The second-order valence-electron chi connectivity index (χ2n) is 7.82. The first-order valence-corrected chi connectivity index (χ1v) is 11.7. The van der Waals surface area contributed by atoms with Gasteiger partial charge in [0.05, 0.1) is 65.1 Å². The predicted octanol–water partition coefficient (Wildman–Crippen LogP) is 2.94. The van der Waals surface area contributed by atoms with Gasteiger partial charge in [0.15, 0.2) is 0 Å². The van der Waals surface area contributed by atoms with Crippen molar-refractivity contribution in [3.63, 3.8) is 0 Å². The van der Waals surface area contributed by atoms with Gasteiger partial charge in [-0.1, -0.05) is 24.3 Å². The molecular formula is C26H38O8. The second-order valence-corrected chi connectivity index (χ2v) is 7.82. The SMILES string of the molecule is CC(O)COCCOCCOc1ccc(-c2ccc(OCCOCCOCC(C)O)cc2)cc1. The number of benzene rings is 2. The third-order valence-corrected chi connectivity index (χ3v) is 4.50. The summed E-state index contributed by atoms with van der Waals surface area (Å²) in [6.07, 6.45) is -0.913. The lowest BCUT2D eigenvalue weighted by Crippen LogP contribution is -2.15. The van der Waals surface area contributed by atoms with Crippen molar-refractivity contribution in [2.45, 2.75) is 26.1 Å². The van der Waals surface area contributed by atoms with Crippen molar-refractivity contribution < 1.29 is 38.6 Å². The molecule has 2 rings (SSSR count). The molecule has 0 spiro atoms. The van der Waals surface area contributed by atoms with Crippen molar-refractivity contribution in [2.75, 3.05) is 66.1 Å². The van der Waals surface area contributed by atoms with Crippen LogP contribution in [0.2, 0.25) is 0 Å². The van der Waals surface area contributed by atoms with E-state index < -0.39 is 12.2 Å². The highest BCUT2D eigenvalue weighted by molar-refractivity contribution is 5.64. The van der Waals surface area contributed by atoms with Crippen molar-refractivity contribution in [1.82, 2.24) is 0 Å². The van der Waals surface area contributed by atoms with Crippen LogP contribution >= 0.6 is 0 Å². The largest absolute Gasteiger partial charge is 0.491 e. The number of hydrogen-bond acceptors (Lipinski definition) is 8. The summed E-state index contributed by atoms with van der Waals surface area (Å²) in [5, 5.41) is 18.2. The van der Waals surface area contributed by atoms with Crippen LogP contribution < -0.4 is 9.47 Å². The maximum Gasteiger partial charge on any atom is 0.119 e. The molecule has 0 radical (unpaired) electrons. The van der Waals surface area contributed by atoms with Gasteiger partial charge in [0.25, 0.3) is 0 Å². The molecule has 2 N–H and O–H groups in total. The van der Waals surface area contributed by atoms with Crippen LogP contribution in [0.1, 0.15) is 13.8 Å². The first-order valence-electron chi connectivity index (χ1n) is 11.7. The lowest BCUT2D eigenvalue weighted by atomic mass is 10.1. The molecule has 0 aliphatic rings. The van der Waals surface area contributed by atoms with E-state index in [2.05, 4.69) is 0 Å². The molecule has 2 aromatic carbocycles. The molecule has 0 saturated carbocycles. The van der Waals surface area contributed by atoms with E-state index in [-0.39, 0.29) is 0 Å². The fourth-order valence-corrected chi connectivity index (χ4v) is 2.87. The molecule has 0 amide bonds. The van der Waals surface area contributed by atoms with E-state index in [0.29, 0.717) is 66.1 Å². The third kappa shape index (κ3) is 12.9. The number of ether oxygens (including phenoxy) is 6. The maximum atomic E-state index is 9.10. The monoisotopic (exact) mass is 478 g/mol. The molecule has 0 aliphatic carbocycles. The van der Waals surface area contributed by atoms with Gasteiger partial charge >= 0.3 is 0 Å². The minimum Gasteiger partial charge on any atom is -0.491 e. The Bertz CT molecular complexity index is 681. The summed E-state index contributed by atoms with van der Waals surface area (Å²) in [7, 11) is 0. The molecule has 0 saturated heterocycles. The zero-order valence-electron chi connectivity index (χ0n) is 20.2. The summed E-state index contributed by atoms with van der Waals surface area (Å²) in [5.74, 6) is 1.57. The Morgan fingerprint density at radius 3 is 1.18 bits per heavy atom. The van der Waals surface area contributed by atoms with Crippen LogP contribution in [0.25, 0.3) is 11.1 Å². The predicted molar refractivity (Wildman–Crippen MR) is 130 cm³/mol. The molecule has 0 aromatic heterocycles. The van der Waals surface area contributed by atoms with Crippen molar-refractivity contribution in [3.05, 3.63) is 48.5 Å². The lowest BCUT2D eigenvalue weighted by Gasteiger charge is -2.10. The first-order chi connectivity index (χ1) is 16.5. The van der Waals surface area contributed by atoms with Gasteiger partial charge in [0.2, 0.25) is 0 Å². The lowest BCUT2D eigenvalue weighted by molar-refractivity contribution is 0.00446. The summed E-state index contributed by atoms with van der Waals surface area (Å²) in [6.45, 7) is 7.74. The molecule has 0 heterocycles. The minimum absolute atomic E-state index is 0.319. The van der Waals surface area contributed by atoms with Crippen molar-refractivity contribution >= 4 is 0 Å². The highest BCUT2D eigenvalue weighted by atomic mass is 16.6. The molecule has 8 heteroatoms. The van der Waals surface area contributed by atoms with Crippen molar-refractivity contribution in [1.29, 1.82) is 0 Å². The molecule has 190 valence electrons. The van der Waals surface area contributed by atoms with Gasteiger partial charge in [-0.3, -0.25) is 0 Å².